The van der Waals surface area contributed by atoms with Crippen LogP contribution in [0.15, 0.2) is 22.7 Å². The maximum absolute atomic E-state index is 6.47. The van der Waals surface area contributed by atoms with Gasteiger partial charge in [0.1, 0.15) is 6.04 Å². The quantitative estimate of drug-likeness (QED) is 0.874. The van der Waals surface area contributed by atoms with Crippen LogP contribution in [-0.2, 0) is 10.3 Å². The van der Waals surface area contributed by atoms with Crippen LogP contribution in [0.5, 0.6) is 0 Å². The van der Waals surface area contributed by atoms with E-state index < -0.39 is 5.54 Å². The van der Waals surface area contributed by atoms with Crippen molar-refractivity contribution >= 4 is 23.2 Å². The minimum Gasteiger partial charge on any atom is -0.379 e. The number of halogens is 2. The number of morpholine rings is 1. The Kier molecular flexibility index (Phi) is 4.73. The lowest BCUT2D eigenvalue weighted by molar-refractivity contribution is 0.0181. The molecule has 0 radical (unpaired) electrons. The van der Waals surface area contributed by atoms with E-state index in [1.165, 1.54) is 0 Å². The van der Waals surface area contributed by atoms with Gasteiger partial charge in [0.15, 0.2) is 5.82 Å². The van der Waals surface area contributed by atoms with Crippen LogP contribution in [0.3, 0.4) is 0 Å². The molecular weight excluding hydrogens is 363 g/mol. The van der Waals surface area contributed by atoms with Crippen molar-refractivity contribution in [2.24, 2.45) is 5.73 Å². The molecule has 1 aromatic heterocycles. The molecule has 0 amide bonds. The van der Waals surface area contributed by atoms with E-state index in [4.69, 9.17) is 38.2 Å². The zero-order valence-electron chi connectivity index (χ0n) is 13.8. The number of ether oxygens (including phenoxy) is 1. The Hall–Kier alpha value is -1.18. The molecule has 1 saturated heterocycles. The molecule has 134 valence electrons. The summed E-state index contributed by atoms with van der Waals surface area (Å²) in [5.41, 5.74) is 6.78. The minimum absolute atomic E-state index is 0.237. The lowest BCUT2D eigenvalue weighted by Gasteiger charge is -2.35. The Labute approximate surface area is 156 Å². The van der Waals surface area contributed by atoms with Crippen LogP contribution in [-0.4, -0.2) is 41.3 Å². The third-order valence-corrected chi connectivity index (χ3v) is 5.60. The molecule has 1 unspecified atom stereocenters. The molecule has 1 aromatic carbocycles. The van der Waals surface area contributed by atoms with Crippen LogP contribution in [0, 0.1) is 0 Å². The summed E-state index contributed by atoms with van der Waals surface area (Å²) in [6.07, 6.45) is 2.86. The maximum Gasteiger partial charge on any atom is 0.248 e. The Morgan fingerprint density at radius 2 is 1.96 bits per heavy atom. The average molecular weight is 383 g/mol. The summed E-state index contributed by atoms with van der Waals surface area (Å²) in [6.45, 7) is 2.83. The van der Waals surface area contributed by atoms with E-state index in [0.29, 0.717) is 35.0 Å². The third kappa shape index (κ3) is 3.29. The molecular formula is C17H20Cl2N4O2. The fourth-order valence-electron chi connectivity index (χ4n) is 3.37. The molecule has 1 saturated carbocycles. The van der Waals surface area contributed by atoms with Crippen molar-refractivity contribution < 1.29 is 9.26 Å². The van der Waals surface area contributed by atoms with E-state index in [-0.39, 0.29) is 6.04 Å². The largest absolute Gasteiger partial charge is 0.379 e. The zero-order valence-corrected chi connectivity index (χ0v) is 15.3. The van der Waals surface area contributed by atoms with E-state index in [2.05, 4.69) is 15.0 Å². The van der Waals surface area contributed by atoms with Crippen molar-refractivity contribution in [1.82, 2.24) is 15.0 Å². The van der Waals surface area contributed by atoms with Crippen molar-refractivity contribution in [3.63, 3.8) is 0 Å². The van der Waals surface area contributed by atoms with Crippen LogP contribution >= 0.6 is 23.2 Å². The van der Waals surface area contributed by atoms with Gasteiger partial charge in [0, 0.05) is 23.1 Å². The van der Waals surface area contributed by atoms with Crippen molar-refractivity contribution in [2.75, 3.05) is 26.3 Å². The number of hydrogen-bond acceptors (Lipinski definition) is 6. The van der Waals surface area contributed by atoms with Gasteiger partial charge in [-0.05, 0) is 37.0 Å². The van der Waals surface area contributed by atoms with Crippen molar-refractivity contribution in [1.29, 1.82) is 0 Å². The molecule has 2 fully saturated rings. The van der Waals surface area contributed by atoms with Gasteiger partial charge in [0.25, 0.3) is 0 Å². The van der Waals surface area contributed by atoms with Crippen LogP contribution in [0.4, 0.5) is 0 Å². The molecule has 2 N–H and O–H groups in total. The highest BCUT2D eigenvalue weighted by Gasteiger charge is 2.40. The predicted molar refractivity (Wildman–Crippen MR) is 94.7 cm³/mol. The fraction of sp³-hybridized carbons (Fsp3) is 0.529. The lowest BCUT2D eigenvalue weighted by Crippen LogP contribution is -2.44. The molecule has 2 aliphatic rings. The highest BCUT2D eigenvalue weighted by Crippen LogP contribution is 2.39. The number of hydrogen-bond donors (Lipinski definition) is 1. The highest BCUT2D eigenvalue weighted by molar-refractivity contribution is 6.35. The highest BCUT2D eigenvalue weighted by atomic mass is 35.5. The number of nitrogens with zero attached hydrogens (tertiary/aromatic N) is 3. The van der Waals surface area contributed by atoms with Crippen LogP contribution in [0.2, 0.25) is 10.0 Å². The monoisotopic (exact) mass is 382 g/mol. The van der Waals surface area contributed by atoms with Gasteiger partial charge < -0.3 is 15.0 Å². The van der Waals surface area contributed by atoms with Crippen molar-refractivity contribution in [3.05, 3.63) is 45.5 Å². The van der Waals surface area contributed by atoms with Crippen LogP contribution in [0.1, 0.15) is 42.6 Å². The van der Waals surface area contributed by atoms with Crippen molar-refractivity contribution in [2.45, 2.75) is 30.8 Å². The molecule has 1 atom stereocenters. The molecule has 2 aromatic rings. The van der Waals surface area contributed by atoms with Crippen molar-refractivity contribution in [3.8, 4) is 0 Å². The first kappa shape index (κ1) is 17.2. The lowest BCUT2D eigenvalue weighted by atomic mass is 9.77. The Bertz CT molecular complexity index is 757. The molecule has 25 heavy (non-hydrogen) atoms. The summed E-state index contributed by atoms with van der Waals surface area (Å²) in [6, 6.07) is 5.23. The van der Waals surface area contributed by atoms with Gasteiger partial charge in [-0.25, -0.2) is 0 Å². The molecule has 4 rings (SSSR count). The SMILES string of the molecule is NC1(c2noc(C(c3ccc(Cl)cc3Cl)N3CCOCC3)n2)CCC1. The molecule has 0 spiro atoms. The summed E-state index contributed by atoms with van der Waals surface area (Å²) in [5, 5.41) is 5.33. The first-order chi connectivity index (χ1) is 12.1. The topological polar surface area (TPSA) is 77.4 Å². The number of benzene rings is 1. The van der Waals surface area contributed by atoms with Crippen LogP contribution < -0.4 is 5.73 Å². The van der Waals surface area contributed by atoms with E-state index in [1.807, 2.05) is 12.1 Å². The Morgan fingerprint density at radius 3 is 2.60 bits per heavy atom. The van der Waals surface area contributed by atoms with Gasteiger partial charge in [-0.2, -0.15) is 4.98 Å². The normalized spacial score (nSPS) is 21.7. The van der Waals surface area contributed by atoms with Gasteiger partial charge in [0.05, 0.1) is 18.8 Å². The zero-order chi connectivity index (χ0) is 17.4. The molecule has 1 aliphatic heterocycles. The summed E-state index contributed by atoms with van der Waals surface area (Å²) in [4.78, 5) is 6.88. The van der Waals surface area contributed by atoms with E-state index in [1.54, 1.807) is 6.07 Å². The first-order valence-electron chi connectivity index (χ1n) is 8.46. The fourth-order valence-corrected chi connectivity index (χ4v) is 3.89. The second-order valence-corrected chi connectivity index (χ2v) is 7.53. The Morgan fingerprint density at radius 1 is 1.20 bits per heavy atom. The molecule has 0 bridgehead atoms. The summed E-state index contributed by atoms with van der Waals surface area (Å²) in [5.74, 6) is 1.09. The van der Waals surface area contributed by atoms with Gasteiger partial charge in [0.2, 0.25) is 5.89 Å². The minimum atomic E-state index is -0.457. The predicted octanol–water partition coefficient (Wildman–Crippen LogP) is 3.14. The third-order valence-electron chi connectivity index (χ3n) is 5.03. The average Bonchev–Trinajstić information content (AvgIpc) is 3.06. The molecule has 2 heterocycles. The number of aromatic nitrogens is 2. The smallest absolute Gasteiger partial charge is 0.248 e. The van der Waals surface area contributed by atoms with E-state index in [0.717, 1.165) is 37.9 Å². The van der Waals surface area contributed by atoms with Gasteiger partial charge in [-0.15, -0.1) is 0 Å². The second-order valence-electron chi connectivity index (χ2n) is 6.68. The number of rotatable bonds is 4. The molecule has 6 nitrogen and oxygen atoms in total. The summed E-state index contributed by atoms with van der Waals surface area (Å²) >= 11 is 12.5. The van der Waals surface area contributed by atoms with Gasteiger partial charge in [-0.3, -0.25) is 4.90 Å². The van der Waals surface area contributed by atoms with Crippen LogP contribution in [0.25, 0.3) is 0 Å². The number of nitrogens with two attached hydrogens (primary N) is 1. The van der Waals surface area contributed by atoms with Gasteiger partial charge in [-0.1, -0.05) is 34.4 Å². The maximum atomic E-state index is 6.47. The first-order valence-corrected chi connectivity index (χ1v) is 9.22. The summed E-state index contributed by atoms with van der Waals surface area (Å²) < 4.78 is 11.1. The molecule has 1 aliphatic carbocycles. The standard InChI is InChI=1S/C17H20Cl2N4O2/c18-11-2-3-12(13(19)10-11)14(23-6-8-24-9-7-23)15-21-16(22-25-15)17(20)4-1-5-17/h2-3,10,14H,1,4-9,20H2. The molecule has 8 heteroatoms. The van der Waals surface area contributed by atoms with E-state index >= 15 is 0 Å². The second kappa shape index (κ2) is 6.85. The van der Waals surface area contributed by atoms with E-state index in [9.17, 15) is 0 Å². The van der Waals surface area contributed by atoms with Gasteiger partial charge >= 0.3 is 0 Å². The Balaban J connectivity index is 1.72. The summed E-state index contributed by atoms with van der Waals surface area (Å²) in [7, 11) is 0.